The quantitative estimate of drug-likeness (QED) is 0.119. The first-order chi connectivity index (χ1) is 17.1. The number of carbonyl (C=O) groups is 1. The van der Waals surface area contributed by atoms with E-state index in [9.17, 15) is 9.90 Å². The molecule has 194 valence electrons. The number of unbranched alkanes of at least 4 members (excludes halogenated alkanes) is 13. The van der Waals surface area contributed by atoms with Crippen molar-refractivity contribution in [2.75, 3.05) is 11.9 Å². The Balaban J connectivity index is 1.51. The molecule has 35 heavy (non-hydrogen) atoms. The Morgan fingerprint density at radius 1 is 0.800 bits per heavy atom. The number of aromatic hydroxyl groups is 1. The molecule has 0 bridgehead atoms. The zero-order chi connectivity index (χ0) is 25.1. The molecule has 2 aromatic carbocycles. The van der Waals surface area contributed by atoms with E-state index in [1.54, 1.807) is 12.1 Å². The Kier molecular flexibility index (Phi) is 14.7. The average Bonchev–Trinajstić information content (AvgIpc) is 2.87. The van der Waals surface area contributed by atoms with Crippen molar-refractivity contribution in [3.8, 4) is 5.75 Å². The molecule has 0 aliphatic rings. The normalized spacial score (nSPS) is 11.8. The number of hydrogen-bond acceptors (Lipinski definition) is 4. The predicted octanol–water partition coefficient (Wildman–Crippen LogP) is 9.20. The van der Waals surface area contributed by atoms with Crippen LogP contribution in [0, 0.1) is 0 Å². The second-order valence-electron chi connectivity index (χ2n) is 9.74. The van der Waals surface area contributed by atoms with E-state index in [1.165, 1.54) is 83.1 Å². The van der Waals surface area contributed by atoms with Gasteiger partial charge < -0.3 is 15.2 Å². The van der Waals surface area contributed by atoms with E-state index in [-0.39, 0.29) is 17.8 Å². The summed E-state index contributed by atoms with van der Waals surface area (Å²) in [6.45, 7) is 4.74. The molecular weight excluding hydrogens is 434 g/mol. The van der Waals surface area contributed by atoms with Crippen LogP contribution in [0.25, 0.3) is 0 Å². The van der Waals surface area contributed by atoms with Crippen molar-refractivity contribution in [1.82, 2.24) is 0 Å². The van der Waals surface area contributed by atoms with Gasteiger partial charge in [0, 0.05) is 6.04 Å². The molecule has 0 aliphatic heterocycles. The molecule has 2 N–H and O–H groups in total. The third kappa shape index (κ3) is 12.2. The number of esters is 1. The number of hydrogen-bond donors (Lipinski definition) is 2. The fourth-order valence-corrected chi connectivity index (χ4v) is 4.38. The molecule has 4 nitrogen and oxygen atoms in total. The van der Waals surface area contributed by atoms with Gasteiger partial charge in [-0.2, -0.15) is 0 Å². The molecule has 0 amide bonds. The van der Waals surface area contributed by atoms with Gasteiger partial charge in [0.2, 0.25) is 0 Å². The van der Waals surface area contributed by atoms with E-state index in [2.05, 4.69) is 12.2 Å². The van der Waals surface area contributed by atoms with Crippen LogP contribution in [0.3, 0.4) is 0 Å². The maximum Gasteiger partial charge on any atom is 0.338 e. The van der Waals surface area contributed by atoms with Crippen molar-refractivity contribution < 1.29 is 14.6 Å². The fourth-order valence-electron chi connectivity index (χ4n) is 4.38. The lowest BCUT2D eigenvalue weighted by Crippen LogP contribution is -2.09. The lowest BCUT2D eigenvalue weighted by molar-refractivity contribution is 0.0497. The second-order valence-corrected chi connectivity index (χ2v) is 9.74. The number of rotatable bonds is 19. The molecule has 0 fully saturated rings. The van der Waals surface area contributed by atoms with E-state index >= 15 is 0 Å². The van der Waals surface area contributed by atoms with Crippen LogP contribution in [0.5, 0.6) is 5.75 Å². The van der Waals surface area contributed by atoms with Gasteiger partial charge in [-0.15, -0.1) is 0 Å². The van der Waals surface area contributed by atoms with Crippen LogP contribution in [0.2, 0.25) is 0 Å². The average molecular weight is 482 g/mol. The largest absolute Gasteiger partial charge is 0.506 e. The molecule has 0 saturated carbocycles. The number of nitrogens with one attached hydrogen (secondary N) is 1. The van der Waals surface area contributed by atoms with Gasteiger partial charge in [0.25, 0.3) is 0 Å². The van der Waals surface area contributed by atoms with Crippen LogP contribution in [-0.2, 0) is 4.74 Å². The summed E-state index contributed by atoms with van der Waals surface area (Å²) in [5.74, 6) is -0.323. The van der Waals surface area contributed by atoms with Crippen molar-refractivity contribution in [3.63, 3.8) is 0 Å². The fraction of sp³-hybridized carbons (Fsp3) is 0.581. The molecule has 0 spiro atoms. The van der Waals surface area contributed by atoms with Gasteiger partial charge in [-0.1, -0.05) is 121 Å². The van der Waals surface area contributed by atoms with Gasteiger partial charge in [-0.25, -0.2) is 4.79 Å². The molecule has 0 heterocycles. The first-order valence-electron chi connectivity index (χ1n) is 13.9. The Labute approximate surface area is 213 Å². The molecule has 2 aromatic rings. The van der Waals surface area contributed by atoms with Crippen LogP contribution in [0.4, 0.5) is 5.69 Å². The standard InChI is InChI=1S/C31H47NO3/c1-3-4-5-6-7-8-9-10-11-12-13-14-15-19-24-35-31(34)28-22-23-29(30(33)25-28)32-26(2)27-20-17-16-18-21-27/h16-18,20-23,25-26,32-33H,3-15,19,24H2,1-2H3. The van der Waals surface area contributed by atoms with Crippen molar-refractivity contribution in [2.24, 2.45) is 0 Å². The maximum absolute atomic E-state index is 12.3. The summed E-state index contributed by atoms with van der Waals surface area (Å²) >= 11 is 0. The van der Waals surface area contributed by atoms with Crippen molar-refractivity contribution in [1.29, 1.82) is 0 Å². The summed E-state index contributed by atoms with van der Waals surface area (Å²) < 4.78 is 5.41. The zero-order valence-electron chi connectivity index (χ0n) is 22.1. The van der Waals surface area contributed by atoms with Crippen molar-refractivity contribution in [2.45, 2.75) is 110 Å². The first kappa shape index (κ1) is 28.7. The van der Waals surface area contributed by atoms with Crippen LogP contribution in [0.1, 0.15) is 126 Å². The van der Waals surface area contributed by atoms with Crippen LogP contribution >= 0.6 is 0 Å². The minimum absolute atomic E-state index is 0.0419. The molecule has 1 unspecified atom stereocenters. The third-order valence-corrected chi connectivity index (χ3v) is 6.64. The Bertz CT molecular complexity index is 821. The van der Waals surface area contributed by atoms with Crippen molar-refractivity contribution >= 4 is 11.7 Å². The topological polar surface area (TPSA) is 58.6 Å². The molecule has 0 aromatic heterocycles. The number of ether oxygens (including phenoxy) is 1. The minimum Gasteiger partial charge on any atom is -0.506 e. The number of carbonyl (C=O) groups excluding carboxylic acids is 1. The minimum atomic E-state index is -0.377. The maximum atomic E-state index is 12.3. The predicted molar refractivity (Wildman–Crippen MR) is 147 cm³/mol. The van der Waals surface area contributed by atoms with E-state index in [0.717, 1.165) is 18.4 Å². The summed E-state index contributed by atoms with van der Waals surface area (Å²) in [4.78, 5) is 12.3. The van der Waals surface area contributed by atoms with Crippen LogP contribution < -0.4 is 5.32 Å². The molecule has 2 rings (SSSR count). The van der Waals surface area contributed by atoms with E-state index in [0.29, 0.717) is 17.9 Å². The van der Waals surface area contributed by atoms with Crippen molar-refractivity contribution in [3.05, 3.63) is 59.7 Å². The second kappa shape index (κ2) is 17.9. The lowest BCUT2D eigenvalue weighted by Gasteiger charge is -2.17. The van der Waals surface area contributed by atoms with E-state index in [1.807, 2.05) is 37.3 Å². The first-order valence-corrected chi connectivity index (χ1v) is 13.9. The number of anilines is 1. The van der Waals surface area contributed by atoms with Gasteiger partial charge in [-0.05, 0) is 37.1 Å². The van der Waals surface area contributed by atoms with Gasteiger partial charge in [0.05, 0.1) is 17.9 Å². The molecule has 0 radical (unpaired) electrons. The summed E-state index contributed by atoms with van der Waals surface area (Å²) in [6, 6.07) is 15.0. The molecule has 1 atom stereocenters. The highest BCUT2D eigenvalue weighted by Gasteiger charge is 2.12. The highest BCUT2D eigenvalue weighted by Crippen LogP contribution is 2.28. The summed E-state index contributed by atoms with van der Waals surface area (Å²) in [7, 11) is 0. The third-order valence-electron chi connectivity index (χ3n) is 6.64. The van der Waals surface area contributed by atoms with E-state index in [4.69, 9.17) is 4.74 Å². The number of phenolic OH excluding ortho intramolecular Hbond substituents is 1. The van der Waals surface area contributed by atoms with Crippen LogP contribution in [0.15, 0.2) is 48.5 Å². The van der Waals surface area contributed by atoms with Gasteiger partial charge in [0.1, 0.15) is 5.75 Å². The summed E-state index contributed by atoms with van der Waals surface area (Å²) in [5.41, 5.74) is 2.11. The lowest BCUT2D eigenvalue weighted by atomic mass is 10.0. The highest BCUT2D eigenvalue weighted by atomic mass is 16.5. The van der Waals surface area contributed by atoms with E-state index < -0.39 is 0 Å². The number of phenols is 1. The monoisotopic (exact) mass is 481 g/mol. The molecular formula is C31H47NO3. The van der Waals surface area contributed by atoms with Gasteiger partial charge >= 0.3 is 5.97 Å². The van der Waals surface area contributed by atoms with Gasteiger partial charge in [-0.3, -0.25) is 0 Å². The molecule has 4 heteroatoms. The van der Waals surface area contributed by atoms with Gasteiger partial charge in [0.15, 0.2) is 0 Å². The summed E-state index contributed by atoms with van der Waals surface area (Å²) in [6.07, 6.45) is 18.2. The smallest absolute Gasteiger partial charge is 0.338 e. The molecule has 0 saturated heterocycles. The zero-order valence-corrected chi connectivity index (χ0v) is 22.1. The highest BCUT2D eigenvalue weighted by molar-refractivity contribution is 5.90. The SMILES string of the molecule is CCCCCCCCCCCCCCCCOC(=O)c1ccc(NC(C)c2ccccc2)c(O)c1. The molecule has 0 aliphatic carbocycles. The Morgan fingerprint density at radius 2 is 1.34 bits per heavy atom. The Hall–Kier alpha value is -2.49. The number of benzene rings is 2. The Morgan fingerprint density at radius 3 is 1.89 bits per heavy atom. The van der Waals surface area contributed by atoms with Crippen LogP contribution in [-0.4, -0.2) is 17.7 Å². The summed E-state index contributed by atoms with van der Waals surface area (Å²) in [5, 5.41) is 13.7.